The number of nitrogens with zero attached hydrogens (tertiary/aromatic N) is 1. The van der Waals surface area contributed by atoms with Gasteiger partial charge in [0.2, 0.25) is 0 Å². The van der Waals surface area contributed by atoms with Gasteiger partial charge in [-0.05, 0) is 42.0 Å². The van der Waals surface area contributed by atoms with Crippen LogP contribution in [-0.4, -0.2) is 36.1 Å². The first-order chi connectivity index (χ1) is 14.0. The lowest BCUT2D eigenvalue weighted by Crippen LogP contribution is -2.11. The van der Waals surface area contributed by atoms with E-state index in [-0.39, 0.29) is 9.77 Å². The summed E-state index contributed by atoms with van der Waals surface area (Å²) in [4.78, 5) is 12.9. The van der Waals surface area contributed by atoms with E-state index in [4.69, 9.17) is 9.47 Å². The number of aromatic nitrogens is 2. The summed E-state index contributed by atoms with van der Waals surface area (Å²) in [6.07, 6.45) is 1.37. The number of amides is 1. The van der Waals surface area contributed by atoms with E-state index in [0.29, 0.717) is 41.9 Å². The Hall–Kier alpha value is -2.59. The molecule has 0 fully saturated rings. The van der Waals surface area contributed by atoms with Crippen LogP contribution in [0.15, 0.2) is 40.6 Å². The number of thiophene rings is 1. The number of ether oxygens (including phenoxy) is 2. The molecule has 0 bridgehead atoms. The number of carbonyl (C=O) groups excluding carboxylic acids is 1. The van der Waals surface area contributed by atoms with Crippen molar-refractivity contribution in [3.05, 3.63) is 51.8 Å². The second-order valence-corrected chi connectivity index (χ2v) is 7.89. The molecular weight excluding hydrogens is 420 g/mol. The van der Waals surface area contributed by atoms with Gasteiger partial charge in [0.15, 0.2) is 5.82 Å². The van der Waals surface area contributed by atoms with Gasteiger partial charge in [-0.15, -0.1) is 11.3 Å². The van der Waals surface area contributed by atoms with Crippen LogP contribution >= 0.6 is 23.1 Å². The predicted molar refractivity (Wildman–Crippen MR) is 110 cm³/mol. The minimum absolute atomic E-state index is 0.239. The highest BCUT2D eigenvalue weighted by Crippen LogP contribution is 2.32. The summed E-state index contributed by atoms with van der Waals surface area (Å²) in [5, 5.41) is 11.2. The molecule has 29 heavy (non-hydrogen) atoms. The Morgan fingerprint density at radius 3 is 2.59 bits per heavy atom. The number of carbonyl (C=O) groups is 1. The molecule has 0 radical (unpaired) electrons. The molecule has 1 aromatic carbocycles. The molecule has 0 spiro atoms. The van der Waals surface area contributed by atoms with Crippen LogP contribution in [0.4, 0.5) is 14.6 Å². The molecule has 2 N–H and O–H groups in total. The third kappa shape index (κ3) is 5.70. The van der Waals surface area contributed by atoms with Crippen LogP contribution in [0.5, 0.6) is 11.5 Å². The number of thioether (sulfide) groups is 1. The van der Waals surface area contributed by atoms with Gasteiger partial charge in [-0.2, -0.15) is 13.9 Å². The van der Waals surface area contributed by atoms with Gasteiger partial charge in [-0.25, -0.2) is 0 Å². The van der Waals surface area contributed by atoms with Crippen LogP contribution in [0.3, 0.4) is 0 Å². The topological polar surface area (TPSA) is 76.2 Å². The molecule has 2 heterocycles. The summed E-state index contributed by atoms with van der Waals surface area (Å²) in [6.45, 7) is 0. The number of rotatable bonds is 9. The van der Waals surface area contributed by atoms with E-state index in [1.54, 1.807) is 31.7 Å². The van der Waals surface area contributed by atoms with Crippen molar-refractivity contribution in [3.8, 4) is 11.5 Å². The SMILES string of the molecule is COc1cc(CCc2cc(NC(=O)c3sccc3SC(F)F)n[nH]2)cc(OC)c1. The zero-order chi connectivity index (χ0) is 20.8. The summed E-state index contributed by atoms with van der Waals surface area (Å²) in [6, 6.07) is 8.90. The lowest BCUT2D eigenvalue weighted by molar-refractivity contribution is 0.102. The van der Waals surface area contributed by atoms with E-state index in [1.165, 1.54) is 6.07 Å². The molecule has 0 aliphatic rings. The molecule has 3 rings (SSSR count). The highest BCUT2D eigenvalue weighted by atomic mass is 32.2. The summed E-state index contributed by atoms with van der Waals surface area (Å²) in [5.74, 6) is -1.27. The zero-order valence-electron chi connectivity index (χ0n) is 15.7. The second-order valence-electron chi connectivity index (χ2n) is 5.95. The van der Waals surface area contributed by atoms with Crippen molar-refractivity contribution in [3.63, 3.8) is 0 Å². The third-order valence-electron chi connectivity index (χ3n) is 4.02. The number of H-pyrrole nitrogens is 1. The number of anilines is 1. The zero-order valence-corrected chi connectivity index (χ0v) is 17.3. The largest absolute Gasteiger partial charge is 0.497 e. The Kier molecular flexibility index (Phi) is 7.10. The van der Waals surface area contributed by atoms with Crippen LogP contribution in [0, 0.1) is 0 Å². The maximum Gasteiger partial charge on any atom is 0.288 e. The van der Waals surface area contributed by atoms with Crippen molar-refractivity contribution in [2.75, 3.05) is 19.5 Å². The lowest BCUT2D eigenvalue weighted by atomic mass is 10.1. The van der Waals surface area contributed by atoms with E-state index in [1.807, 2.05) is 12.1 Å². The maximum atomic E-state index is 12.6. The average Bonchev–Trinajstić information content (AvgIpc) is 3.34. The number of halogens is 2. The van der Waals surface area contributed by atoms with Crippen LogP contribution in [0.2, 0.25) is 0 Å². The number of hydrogen-bond donors (Lipinski definition) is 2. The first kappa shape index (κ1) is 21.1. The summed E-state index contributed by atoms with van der Waals surface area (Å²) >= 11 is 1.47. The first-order valence-electron chi connectivity index (χ1n) is 8.58. The van der Waals surface area contributed by atoms with Crippen molar-refractivity contribution in [1.82, 2.24) is 10.2 Å². The Morgan fingerprint density at radius 1 is 1.21 bits per heavy atom. The van der Waals surface area contributed by atoms with Gasteiger partial charge in [0.1, 0.15) is 16.4 Å². The van der Waals surface area contributed by atoms with Crippen LogP contribution in [0.1, 0.15) is 20.9 Å². The van der Waals surface area contributed by atoms with Crippen LogP contribution < -0.4 is 14.8 Å². The number of methoxy groups -OCH3 is 2. The molecule has 10 heteroatoms. The van der Waals surface area contributed by atoms with E-state index >= 15 is 0 Å². The minimum atomic E-state index is -2.58. The van der Waals surface area contributed by atoms with Gasteiger partial charge < -0.3 is 14.8 Å². The highest BCUT2D eigenvalue weighted by Gasteiger charge is 2.18. The molecule has 0 atom stereocenters. The molecule has 0 saturated heterocycles. The number of hydrogen-bond acceptors (Lipinski definition) is 6. The van der Waals surface area contributed by atoms with E-state index in [2.05, 4.69) is 15.5 Å². The molecule has 0 aliphatic carbocycles. The summed E-state index contributed by atoms with van der Waals surface area (Å²) in [7, 11) is 3.20. The number of alkyl halides is 2. The van der Waals surface area contributed by atoms with Crippen LogP contribution in [0.25, 0.3) is 0 Å². The monoisotopic (exact) mass is 439 g/mol. The number of aryl methyl sites for hydroxylation is 2. The quantitative estimate of drug-likeness (QED) is 0.467. The van der Waals surface area contributed by atoms with Gasteiger partial charge >= 0.3 is 0 Å². The van der Waals surface area contributed by atoms with Crippen molar-refractivity contribution in [2.45, 2.75) is 23.5 Å². The van der Waals surface area contributed by atoms with Crippen molar-refractivity contribution >= 4 is 34.8 Å². The van der Waals surface area contributed by atoms with Gasteiger partial charge in [-0.3, -0.25) is 9.89 Å². The molecular formula is C19H19F2N3O3S2. The molecule has 0 saturated carbocycles. The Bertz CT molecular complexity index is 953. The summed E-state index contributed by atoms with van der Waals surface area (Å²) in [5.41, 5.74) is 1.86. The molecule has 2 aromatic heterocycles. The normalized spacial score (nSPS) is 10.9. The number of nitrogens with one attached hydrogen (secondary N) is 2. The van der Waals surface area contributed by atoms with E-state index < -0.39 is 11.7 Å². The lowest BCUT2D eigenvalue weighted by Gasteiger charge is -2.08. The van der Waals surface area contributed by atoms with Crippen molar-refractivity contribution in [2.24, 2.45) is 0 Å². The fourth-order valence-corrected chi connectivity index (χ4v) is 4.26. The van der Waals surface area contributed by atoms with E-state index in [0.717, 1.165) is 22.6 Å². The van der Waals surface area contributed by atoms with Crippen molar-refractivity contribution < 1.29 is 23.0 Å². The third-order valence-corrected chi connectivity index (χ3v) is 5.83. The molecule has 0 unspecified atom stereocenters. The summed E-state index contributed by atoms with van der Waals surface area (Å²) < 4.78 is 35.7. The van der Waals surface area contributed by atoms with Gasteiger partial charge in [0, 0.05) is 22.7 Å². The first-order valence-corrected chi connectivity index (χ1v) is 10.3. The number of aromatic amines is 1. The van der Waals surface area contributed by atoms with Gasteiger partial charge in [-0.1, -0.05) is 11.8 Å². The Morgan fingerprint density at radius 2 is 1.93 bits per heavy atom. The standard InChI is InChI=1S/C19H19F2N3O3S2/c1-26-13-7-11(8-14(10-13)27-2)3-4-12-9-16(24-23-12)22-18(25)17-15(5-6-28-17)29-19(20)21/h5-10,19H,3-4H2,1-2H3,(H2,22,23,24,25). The molecule has 0 aliphatic heterocycles. The predicted octanol–water partition coefficient (Wildman–Crippen LogP) is 4.84. The highest BCUT2D eigenvalue weighted by molar-refractivity contribution is 7.99. The Labute approximate surface area is 174 Å². The maximum absolute atomic E-state index is 12.6. The Balaban J connectivity index is 1.61. The van der Waals surface area contributed by atoms with Crippen LogP contribution in [-0.2, 0) is 12.8 Å². The number of benzene rings is 1. The fraction of sp³-hybridized carbons (Fsp3) is 0.263. The molecule has 1 amide bonds. The van der Waals surface area contributed by atoms with Crippen molar-refractivity contribution in [1.29, 1.82) is 0 Å². The molecule has 3 aromatic rings. The van der Waals surface area contributed by atoms with Gasteiger partial charge in [0.05, 0.1) is 14.2 Å². The minimum Gasteiger partial charge on any atom is -0.497 e. The average molecular weight is 440 g/mol. The van der Waals surface area contributed by atoms with E-state index in [9.17, 15) is 13.6 Å². The smallest absolute Gasteiger partial charge is 0.288 e. The second kappa shape index (κ2) is 9.75. The fourth-order valence-electron chi connectivity index (χ4n) is 2.67. The molecule has 154 valence electrons. The van der Waals surface area contributed by atoms with Gasteiger partial charge in [0.25, 0.3) is 11.7 Å². The molecule has 6 nitrogen and oxygen atoms in total.